The number of hydrogen-bond acceptors (Lipinski definition) is 7. The summed E-state index contributed by atoms with van der Waals surface area (Å²) in [6, 6.07) is 9.69. The lowest BCUT2D eigenvalue weighted by Crippen LogP contribution is -2.38. The molecule has 2 atom stereocenters. The molecule has 2 saturated heterocycles. The number of esters is 1. The van der Waals surface area contributed by atoms with E-state index in [1.165, 1.54) is 26.0 Å². The molecule has 3 heterocycles. The number of cyclic esters (lactones) is 1. The number of benzene rings is 2. The van der Waals surface area contributed by atoms with Gasteiger partial charge in [0.1, 0.15) is 17.7 Å². The van der Waals surface area contributed by atoms with Crippen molar-refractivity contribution in [2.24, 2.45) is 5.92 Å². The molecule has 14 heteroatoms. The zero-order valence-electron chi connectivity index (χ0n) is 26.3. The van der Waals surface area contributed by atoms with Crippen molar-refractivity contribution in [3.63, 3.8) is 0 Å². The van der Waals surface area contributed by atoms with E-state index in [1.54, 1.807) is 0 Å². The molecule has 0 radical (unpaired) electrons. The van der Waals surface area contributed by atoms with Crippen molar-refractivity contribution in [1.82, 2.24) is 9.88 Å². The van der Waals surface area contributed by atoms with Crippen molar-refractivity contribution in [2.45, 2.75) is 63.1 Å². The summed E-state index contributed by atoms with van der Waals surface area (Å²) in [4.78, 5) is 33.4. The second-order valence-electron chi connectivity index (χ2n) is 12.4. The van der Waals surface area contributed by atoms with Gasteiger partial charge in [-0.25, -0.2) is 9.78 Å². The van der Waals surface area contributed by atoms with Crippen LogP contribution >= 0.6 is 0 Å². The maximum atomic E-state index is 13.6. The Hall–Kier alpha value is -4.49. The second kappa shape index (κ2) is 12.5. The van der Waals surface area contributed by atoms with E-state index in [2.05, 4.69) is 4.90 Å². The summed E-state index contributed by atoms with van der Waals surface area (Å²) in [5, 5.41) is 0. The first-order valence-corrected chi connectivity index (χ1v) is 15.5. The molecule has 3 aromatic rings. The highest BCUT2D eigenvalue weighted by Gasteiger charge is 2.44. The third-order valence-electron chi connectivity index (χ3n) is 9.45. The minimum absolute atomic E-state index is 0.0426. The molecule has 0 spiro atoms. The molecule has 6 rings (SSSR count). The van der Waals surface area contributed by atoms with Gasteiger partial charge in [0.25, 0.3) is 0 Å². The van der Waals surface area contributed by atoms with Crippen molar-refractivity contribution in [3.8, 4) is 16.9 Å². The summed E-state index contributed by atoms with van der Waals surface area (Å²) in [5.41, 5.74) is -0.665. The highest BCUT2D eigenvalue weighted by Crippen LogP contribution is 2.46. The molecule has 1 aromatic heterocycles. The van der Waals surface area contributed by atoms with Crippen LogP contribution in [0.3, 0.4) is 0 Å². The van der Waals surface area contributed by atoms with Crippen molar-refractivity contribution >= 4 is 17.9 Å². The molecule has 1 saturated carbocycles. The van der Waals surface area contributed by atoms with Gasteiger partial charge in [-0.15, -0.1) is 0 Å². The van der Waals surface area contributed by atoms with Crippen molar-refractivity contribution in [3.05, 3.63) is 76.5 Å². The lowest BCUT2D eigenvalue weighted by atomic mass is 9.71. The van der Waals surface area contributed by atoms with E-state index >= 15 is 0 Å². The molecule has 3 fully saturated rings. The summed E-state index contributed by atoms with van der Waals surface area (Å²) >= 11 is 0. The van der Waals surface area contributed by atoms with Crippen LogP contribution in [0.25, 0.3) is 11.1 Å². The Labute approximate surface area is 272 Å². The van der Waals surface area contributed by atoms with Crippen LogP contribution in [0.15, 0.2) is 48.5 Å². The number of ether oxygens (including phenoxy) is 3. The van der Waals surface area contributed by atoms with Crippen LogP contribution < -0.4 is 9.64 Å². The van der Waals surface area contributed by atoms with Gasteiger partial charge in [-0.05, 0) is 85.7 Å². The van der Waals surface area contributed by atoms with E-state index in [1.807, 2.05) is 30.3 Å². The molecule has 2 aromatic carbocycles. The van der Waals surface area contributed by atoms with E-state index in [0.717, 1.165) is 25.1 Å². The molecule has 1 aliphatic carbocycles. The van der Waals surface area contributed by atoms with Crippen molar-refractivity contribution < 1.29 is 50.1 Å². The Balaban J connectivity index is 1.35. The molecule has 0 unspecified atom stereocenters. The van der Waals surface area contributed by atoms with Crippen LogP contribution in [-0.2, 0) is 33.2 Å². The zero-order valence-corrected chi connectivity index (χ0v) is 26.3. The topological polar surface area (TPSA) is 81.2 Å². The van der Waals surface area contributed by atoms with E-state index in [9.17, 15) is 35.9 Å². The number of carbonyl (C=O) groups excluding carboxylic acids is 2. The quantitative estimate of drug-likeness (QED) is 0.178. The Morgan fingerprint density at radius 3 is 2.15 bits per heavy atom. The van der Waals surface area contributed by atoms with Crippen LogP contribution in [-0.4, -0.2) is 55.3 Å². The number of carbonyl (C=O) groups is 2. The monoisotopic (exact) mass is 677 g/mol. The standard InChI is InChI=1S/C34H33F6N3O5/c1-18-30(21-13-23(33(35,36)37)16-24(14-21)34(38,39)40)48-32(45)43(18)17-27-25(6-8-29(41-27)42-9-4-10-42)26-15-19(5-7-28(26)46-2)20-11-22(12-20)31(44)47-3/h5-8,13-16,18,20,22,30H,4,9-12,17H2,1-3H3/t18-,20-,22+,30-/m0/s1. The van der Waals surface area contributed by atoms with E-state index < -0.39 is 47.3 Å². The third kappa shape index (κ3) is 6.36. The first kappa shape index (κ1) is 33.4. The fourth-order valence-electron chi connectivity index (χ4n) is 6.48. The van der Waals surface area contributed by atoms with Gasteiger partial charge in [0.2, 0.25) is 0 Å². The lowest BCUT2D eigenvalue weighted by molar-refractivity contribution is -0.149. The molecule has 256 valence electrons. The summed E-state index contributed by atoms with van der Waals surface area (Å²) in [5.74, 6) is 0.871. The molecular formula is C34H33F6N3O5. The number of amides is 1. The zero-order chi connectivity index (χ0) is 34.5. The van der Waals surface area contributed by atoms with E-state index in [0.29, 0.717) is 53.4 Å². The second-order valence-corrected chi connectivity index (χ2v) is 12.4. The first-order valence-electron chi connectivity index (χ1n) is 15.5. The number of alkyl halides is 6. The molecule has 2 aliphatic heterocycles. The largest absolute Gasteiger partial charge is 0.496 e. The molecule has 0 bridgehead atoms. The van der Waals surface area contributed by atoms with Gasteiger partial charge in [0, 0.05) is 24.2 Å². The number of methoxy groups -OCH3 is 2. The first-order chi connectivity index (χ1) is 22.7. The Morgan fingerprint density at radius 1 is 0.917 bits per heavy atom. The summed E-state index contributed by atoms with van der Waals surface area (Å²) < 4.78 is 97.7. The van der Waals surface area contributed by atoms with Crippen molar-refractivity contribution in [2.75, 3.05) is 32.2 Å². The van der Waals surface area contributed by atoms with Gasteiger partial charge < -0.3 is 19.1 Å². The number of halogens is 6. The van der Waals surface area contributed by atoms with Gasteiger partial charge in [-0.2, -0.15) is 26.3 Å². The summed E-state index contributed by atoms with van der Waals surface area (Å²) in [7, 11) is 2.88. The molecule has 8 nitrogen and oxygen atoms in total. The van der Waals surface area contributed by atoms with Crippen molar-refractivity contribution in [1.29, 1.82) is 0 Å². The maximum absolute atomic E-state index is 13.6. The van der Waals surface area contributed by atoms with Gasteiger partial charge >= 0.3 is 24.4 Å². The van der Waals surface area contributed by atoms with Crippen LogP contribution in [0.2, 0.25) is 0 Å². The van der Waals surface area contributed by atoms with E-state index in [-0.39, 0.29) is 30.4 Å². The Morgan fingerprint density at radius 2 is 1.58 bits per heavy atom. The minimum atomic E-state index is -5.05. The SMILES string of the molecule is COc1ccc([C@H]2C[C@@H](C(=O)OC)C2)cc1-c1ccc(N2CCC2)nc1CN1C(=O)O[C@H](c2cc(C(F)(F)F)cc(C(F)(F)F)c2)[C@@H]1C. The average Bonchev–Trinajstić information content (AvgIpc) is 3.27. The smallest absolute Gasteiger partial charge is 0.416 e. The highest BCUT2D eigenvalue weighted by atomic mass is 19.4. The van der Waals surface area contributed by atoms with Crippen LogP contribution in [0.5, 0.6) is 5.75 Å². The lowest BCUT2D eigenvalue weighted by Gasteiger charge is -2.34. The Bertz CT molecular complexity index is 1690. The normalized spacial score (nSPS) is 22.6. The van der Waals surface area contributed by atoms with E-state index in [4.69, 9.17) is 19.2 Å². The predicted octanol–water partition coefficient (Wildman–Crippen LogP) is 7.75. The summed E-state index contributed by atoms with van der Waals surface area (Å²) in [6.45, 7) is 2.95. The molecular weight excluding hydrogens is 644 g/mol. The molecule has 0 N–H and O–H groups in total. The Kier molecular flexibility index (Phi) is 8.71. The van der Waals surface area contributed by atoms with Gasteiger partial charge in [-0.1, -0.05) is 6.07 Å². The van der Waals surface area contributed by atoms with Crippen LogP contribution in [0, 0.1) is 5.92 Å². The third-order valence-corrected chi connectivity index (χ3v) is 9.45. The predicted molar refractivity (Wildman–Crippen MR) is 161 cm³/mol. The van der Waals surface area contributed by atoms with Crippen LogP contribution in [0.4, 0.5) is 37.0 Å². The number of aromatic nitrogens is 1. The minimum Gasteiger partial charge on any atom is -0.496 e. The fraction of sp³-hybridized carbons (Fsp3) is 0.441. The molecule has 1 amide bonds. The molecule has 48 heavy (non-hydrogen) atoms. The van der Waals surface area contributed by atoms with Gasteiger partial charge in [0.15, 0.2) is 0 Å². The number of nitrogens with zero attached hydrogens (tertiary/aromatic N) is 3. The summed E-state index contributed by atoms with van der Waals surface area (Å²) in [6.07, 6.45) is -10.2. The number of pyridine rings is 1. The number of anilines is 1. The fourth-order valence-corrected chi connectivity index (χ4v) is 6.48. The number of rotatable bonds is 8. The highest BCUT2D eigenvalue weighted by molar-refractivity contribution is 5.77. The maximum Gasteiger partial charge on any atom is 0.416 e. The van der Waals surface area contributed by atoms with Crippen LogP contribution in [0.1, 0.15) is 66.2 Å². The number of hydrogen-bond donors (Lipinski definition) is 0. The van der Waals surface area contributed by atoms with Gasteiger partial charge in [-0.3, -0.25) is 9.69 Å². The van der Waals surface area contributed by atoms with Gasteiger partial charge in [0.05, 0.1) is 49.5 Å². The molecule has 3 aliphatic rings. The average molecular weight is 678 g/mol.